The molecule has 4 rings (SSSR count). The minimum absolute atomic E-state index is 0.0827. The highest BCUT2D eigenvalue weighted by atomic mass is 32.2. The summed E-state index contributed by atoms with van der Waals surface area (Å²) in [6.07, 6.45) is 6.81. The Labute approximate surface area is 197 Å². The van der Waals surface area contributed by atoms with E-state index in [0.29, 0.717) is 30.1 Å². The van der Waals surface area contributed by atoms with Gasteiger partial charge in [-0.2, -0.15) is 0 Å². The summed E-state index contributed by atoms with van der Waals surface area (Å²) in [4.78, 5) is 22.5. The average molecular weight is 491 g/mol. The Morgan fingerprint density at radius 2 is 1.88 bits per heavy atom. The quantitative estimate of drug-likeness (QED) is 0.610. The fourth-order valence-electron chi connectivity index (χ4n) is 4.13. The maximum absolute atomic E-state index is 14.5. The summed E-state index contributed by atoms with van der Waals surface area (Å²) in [6.45, 7) is 5.39. The predicted molar refractivity (Wildman–Crippen MR) is 123 cm³/mol. The molecule has 2 unspecified atom stereocenters. The number of amides is 1. The summed E-state index contributed by atoms with van der Waals surface area (Å²) in [5.41, 5.74) is 0.662. The van der Waals surface area contributed by atoms with Crippen molar-refractivity contribution in [1.82, 2.24) is 14.9 Å². The molecule has 1 aromatic carbocycles. The number of sulfone groups is 1. The van der Waals surface area contributed by atoms with Gasteiger partial charge in [0.25, 0.3) is 0 Å². The van der Waals surface area contributed by atoms with Crippen LogP contribution < -0.4 is 10.1 Å². The lowest BCUT2D eigenvalue weighted by Crippen LogP contribution is -2.50. The number of ether oxygens (including phenoxy) is 2. The molecule has 1 saturated heterocycles. The number of hydrogen-bond acceptors (Lipinski definition) is 8. The van der Waals surface area contributed by atoms with Gasteiger partial charge >= 0.3 is 6.09 Å². The van der Waals surface area contributed by atoms with E-state index >= 15 is 0 Å². The summed E-state index contributed by atoms with van der Waals surface area (Å²) in [5, 5.41) is 2.88. The van der Waals surface area contributed by atoms with Gasteiger partial charge in [0.2, 0.25) is 5.88 Å². The van der Waals surface area contributed by atoms with Gasteiger partial charge in [0.05, 0.1) is 34.3 Å². The van der Waals surface area contributed by atoms with Gasteiger partial charge in [0, 0.05) is 19.1 Å². The van der Waals surface area contributed by atoms with Crippen molar-refractivity contribution in [2.75, 3.05) is 11.6 Å². The number of benzene rings is 1. The first kappa shape index (κ1) is 23.9. The fourth-order valence-corrected chi connectivity index (χ4v) is 4.76. The Morgan fingerprint density at radius 3 is 2.47 bits per heavy atom. The number of fused-ring (bicyclic) bond motifs is 2. The smallest absolute Gasteiger partial charge is 0.411 e. The summed E-state index contributed by atoms with van der Waals surface area (Å²) in [5.74, 6) is -0.0185. The molecule has 0 radical (unpaired) electrons. The number of aromatic nitrogens is 2. The zero-order valence-corrected chi connectivity index (χ0v) is 20.2. The monoisotopic (exact) mass is 490 g/mol. The third kappa shape index (κ3) is 4.98. The Morgan fingerprint density at radius 1 is 1.21 bits per heavy atom. The van der Waals surface area contributed by atoms with Gasteiger partial charge in [-0.15, -0.1) is 0 Å². The molecule has 3 heterocycles. The Kier molecular flexibility index (Phi) is 6.48. The lowest BCUT2D eigenvalue weighted by molar-refractivity contribution is 0.0264. The van der Waals surface area contributed by atoms with Crippen molar-refractivity contribution in [2.24, 2.45) is 0 Å². The van der Waals surface area contributed by atoms with Crippen molar-refractivity contribution in [3.63, 3.8) is 0 Å². The number of carbonyl (C=O) groups is 1. The highest BCUT2D eigenvalue weighted by molar-refractivity contribution is 7.90. The van der Waals surface area contributed by atoms with E-state index < -0.39 is 15.7 Å². The van der Waals surface area contributed by atoms with E-state index in [1.807, 2.05) is 26.0 Å². The van der Waals surface area contributed by atoms with Crippen LogP contribution in [0.25, 0.3) is 0 Å². The number of nitrogens with zero attached hydrogens (tertiary/aromatic N) is 3. The minimum Gasteiger partial charge on any atom is -0.474 e. The molecule has 0 aliphatic carbocycles. The topological polar surface area (TPSA) is 111 Å². The number of halogens is 1. The molecule has 2 aliphatic heterocycles. The van der Waals surface area contributed by atoms with Crippen LogP contribution in [0.1, 0.15) is 32.3 Å². The van der Waals surface area contributed by atoms with Crippen LogP contribution in [0.5, 0.6) is 5.88 Å². The molecule has 34 heavy (non-hydrogen) atoms. The highest BCUT2D eigenvalue weighted by Gasteiger charge is 2.42. The van der Waals surface area contributed by atoms with E-state index in [4.69, 9.17) is 9.47 Å². The van der Waals surface area contributed by atoms with Crippen LogP contribution in [0.4, 0.5) is 20.7 Å². The number of anilines is 2. The largest absolute Gasteiger partial charge is 0.474 e. The standard InChI is InChI=1S/C23H27FN4O5S/c1-13(2)32-23(29)28-15-5-6-16(28)10-17(9-15)33-22-14(3)21(25-12-26-22)27-20-8-7-18(11-19(20)24)34(4,30)31/h5-8,11-13,15-17H,9-10H2,1-4H3,(H,25,26,27). The third-order valence-electron chi connectivity index (χ3n) is 5.76. The molecule has 2 bridgehead atoms. The molecule has 9 nitrogen and oxygen atoms in total. The van der Waals surface area contributed by atoms with E-state index in [0.717, 1.165) is 12.3 Å². The zero-order valence-electron chi connectivity index (χ0n) is 19.4. The van der Waals surface area contributed by atoms with E-state index in [9.17, 15) is 17.6 Å². The second-order valence-corrected chi connectivity index (χ2v) is 10.8. The number of nitrogens with one attached hydrogen (secondary N) is 1. The number of carbonyl (C=O) groups excluding carboxylic acids is 1. The second-order valence-electron chi connectivity index (χ2n) is 8.76. The second kappa shape index (κ2) is 9.21. The molecule has 2 aliphatic rings. The number of hydrogen-bond donors (Lipinski definition) is 1. The molecule has 2 aromatic rings. The lowest BCUT2D eigenvalue weighted by Gasteiger charge is -2.38. The van der Waals surface area contributed by atoms with Crippen molar-refractivity contribution in [2.45, 2.75) is 62.8 Å². The van der Waals surface area contributed by atoms with E-state index in [1.165, 1.54) is 18.5 Å². The minimum atomic E-state index is -3.52. The van der Waals surface area contributed by atoms with Crippen molar-refractivity contribution < 1.29 is 27.1 Å². The van der Waals surface area contributed by atoms with Crippen molar-refractivity contribution >= 4 is 27.4 Å². The average Bonchev–Trinajstić information content (AvgIpc) is 3.02. The third-order valence-corrected chi connectivity index (χ3v) is 6.87. The van der Waals surface area contributed by atoms with E-state index in [2.05, 4.69) is 15.3 Å². The molecule has 182 valence electrons. The maximum atomic E-state index is 14.5. The molecule has 0 saturated carbocycles. The van der Waals surface area contributed by atoms with Crippen LogP contribution in [0.3, 0.4) is 0 Å². The molecule has 1 N–H and O–H groups in total. The summed E-state index contributed by atoms with van der Waals surface area (Å²) in [6, 6.07) is 3.42. The zero-order chi connectivity index (χ0) is 24.6. The first-order valence-electron chi connectivity index (χ1n) is 10.9. The van der Waals surface area contributed by atoms with Gasteiger partial charge < -0.3 is 14.8 Å². The Hall–Kier alpha value is -3.21. The van der Waals surface area contributed by atoms with Crippen LogP contribution in [0.2, 0.25) is 0 Å². The van der Waals surface area contributed by atoms with E-state index in [1.54, 1.807) is 11.8 Å². The van der Waals surface area contributed by atoms with Gasteiger partial charge in [-0.05, 0) is 39.0 Å². The Balaban J connectivity index is 1.46. The van der Waals surface area contributed by atoms with Crippen molar-refractivity contribution in [3.05, 3.63) is 48.1 Å². The Bertz CT molecular complexity index is 1220. The van der Waals surface area contributed by atoms with Crippen molar-refractivity contribution in [1.29, 1.82) is 0 Å². The van der Waals surface area contributed by atoms with Crippen LogP contribution in [-0.2, 0) is 14.6 Å². The molecule has 1 amide bonds. The highest BCUT2D eigenvalue weighted by Crippen LogP contribution is 2.35. The molecular formula is C23H27FN4O5S. The molecule has 1 aromatic heterocycles. The molecule has 11 heteroatoms. The van der Waals surface area contributed by atoms with Crippen LogP contribution in [-0.4, -0.2) is 59.9 Å². The normalized spacial score (nSPS) is 21.6. The van der Waals surface area contributed by atoms with Gasteiger partial charge in [-0.25, -0.2) is 27.6 Å². The first-order chi connectivity index (χ1) is 16.0. The van der Waals surface area contributed by atoms with Gasteiger partial charge in [0.1, 0.15) is 24.1 Å². The summed E-state index contributed by atoms with van der Waals surface area (Å²) >= 11 is 0. The molecular weight excluding hydrogens is 463 g/mol. The summed E-state index contributed by atoms with van der Waals surface area (Å²) < 4.78 is 49.3. The van der Waals surface area contributed by atoms with Crippen LogP contribution in [0.15, 0.2) is 41.6 Å². The number of piperidine rings is 1. The first-order valence-corrected chi connectivity index (χ1v) is 12.8. The SMILES string of the molecule is Cc1c(Nc2ccc(S(C)(=O)=O)cc2F)ncnc1OC1CC2C=CC(C1)N2C(=O)OC(C)C. The predicted octanol–water partition coefficient (Wildman–Crippen LogP) is 3.77. The maximum Gasteiger partial charge on any atom is 0.411 e. The summed E-state index contributed by atoms with van der Waals surface area (Å²) in [7, 11) is -3.52. The molecule has 2 atom stereocenters. The fraction of sp³-hybridized carbons (Fsp3) is 0.435. The van der Waals surface area contributed by atoms with Gasteiger partial charge in [-0.1, -0.05) is 12.2 Å². The van der Waals surface area contributed by atoms with Crippen molar-refractivity contribution in [3.8, 4) is 5.88 Å². The van der Waals surface area contributed by atoms with Gasteiger partial charge in [-0.3, -0.25) is 4.90 Å². The van der Waals surface area contributed by atoms with E-state index in [-0.39, 0.29) is 41.0 Å². The van der Waals surface area contributed by atoms with Gasteiger partial charge in [0.15, 0.2) is 9.84 Å². The number of rotatable bonds is 6. The van der Waals surface area contributed by atoms with Crippen LogP contribution >= 0.6 is 0 Å². The molecule has 1 fully saturated rings. The lowest BCUT2D eigenvalue weighted by atomic mass is 9.99. The van der Waals surface area contributed by atoms with Crippen LogP contribution in [0, 0.1) is 12.7 Å². The molecule has 0 spiro atoms.